The first-order valence-electron chi connectivity index (χ1n) is 4.57. The minimum Gasteiger partial charge on any atom is -0.495 e. The molecule has 3 nitrogen and oxygen atoms in total. The van der Waals surface area contributed by atoms with Gasteiger partial charge in [-0.05, 0) is 28.5 Å². The highest BCUT2D eigenvalue weighted by Crippen LogP contribution is 2.35. The van der Waals surface area contributed by atoms with Crippen LogP contribution in [0, 0.1) is 0 Å². The smallest absolute Gasteiger partial charge is 0.307 e. The number of hydrogen-bond acceptors (Lipinski definition) is 3. The summed E-state index contributed by atoms with van der Waals surface area (Å²) in [7, 11) is 1.54. The number of halogens is 1. The Morgan fingerprint density at radius 2 is 2.31 bits per heavy atom. The Hall–Kier alpha value is -1.26. The van der Waals surface area contributed by atoms with Crippen molar-refractivity contribution < 1.29 is 14.6 Å². The van der Waals surface area contributed by atoms with E-state index in [-0.39, 0.29) is 6.42 Å². The molecular formula is C11H9ClO3S. The minimum absolute atomic E-state index is 0.0186. The molecular weight excluding hydrogens is 248 g/mol. The average molecular weight is 257 g/mol. The van der Waals surface area contributed by atoms with Gasteiger partial charge in [-0.2, -0.15) is 0 Å². The Kier molecular flexibility index (Phi) is 3.03. The molecule has 0 unspecified atom stereocenters. The number of fused-ring (bicyclic) bond motifs is 1. The number of aliphatic carboxylic acids is 1. The van der Waals surface area contributed by atoms with Crippen molar-refractivity contribution >= 4 is 39.0 Å². The summed E-state index contributed by atoms with van der Waals surface area (Å²) in [6.45, 7) is 0. The molecule has 0 amide bonds. The normalized spacial score (nSPS) is 10.6. The largest absolute Gasteiger partial charge is 0.495 e. The highest BCUT2D eigenvalue weighted by molar-refractivity contribution is 7.17. The minimum atomic E-state index is -0.839. The van der Waals surface area contributed by atoms with Gasteiger partial charge < -0.3 is 9.84 Å². The van der Waals surface area contributed by atoms with Gasteiger partial charge in [0.1, 0.15) is 5.75 Å². The molecule has 1 aromatic carbocycles. The molecule has 0 fully saturated rings. The summed E-state index contributed by atoms with van der Waals surface area (Å²) in [5.41, 5.74) is 0.794. The monoisotopic (exact) mass is 256 g/mol. The van der Waals surface area contributed by atoms with Crippen molar-refractivity contribution in [1.29, 1.82) is 0 Å². The number of rotatable bonds is 3. The van der Waals surface area contributed by atoms with Crippen LogP contribution in [0.5, 0.6) is 5.75 Å². The van der Waals surface area contributed by atoms with Crippen LogP contribution < -0.4 is 4.74 Å². The fourth-order valence-corrected chi connectivity index (χ4v) is 2.83. The van der Waals surface area contributed by atoms with E-state index in [0.717, 1.165) is 15.6 Å². The molecule has 0 aliphatic carbocycles. The van der Waals surface area contributed by atoms with Crippen molar-refractivity contribution in [2.75, 3.05) is 7.11 Å². The van der Waals surface area contributed by atoms with E-state index in [1.807, 2.05) is 5.38 Å². The second-order valence-corrected chi connectivity index (χ2v) is 4.63. The molecule has 16 heavy (non-hydrogen) atoms. The number of carboxylic acids is 1. The molecule has 0 spiro atoms. The zero-order chi connectivity index (χ0) is 11.7. The number of methoxy groups -OCH3 is 1. The van der Waals surface area contributed by atoms with Crippen LogP contribution in [0.1, 0.15) is 5.56 Å². The molecule has 0 saturated heterocycles. The van der Waals surface area contributed by atoms with Crippen LogP contribution >= 0.6 is 22.9 Å². The molecule has 2 aromatic rings. The fourth-order valence-electron chi connectivity index (χ4n) is 1.54. The van der Waals surface area contributed by atoms with Gasteiger partial charge in [-0.1, -0.05) is 11.6 Å². The van der Waals surface area contributed by atoms with Crippen LogP contribution in [-0.2, 0) is 11.2 Å². The third-order valence-electron chi connectivity index (χ3n) is 2.27. The standard InChI is InChI=1S/C11H9ClO3S/c1-15-9-3-7-6(2-11(13)14)5-16-10(7)4-8(9)12/h3-5H,2H2,1H3,(H,13,14). The Balaban J connectivity index is 2.57. The summed E-state index contributed by atoms with van der Waals surface area (Å²) in [6, 6.07) is 3.58. The predicted molar refractivity (Wildman–Crippen MR) is 64.7 cm³/mol. The number of carboxylic acid groups (broad SMARTS) is 1. The molecule has 1 aromatic heterocycles. The van der Waals surface area contributed by atoms with Crippen LogP contribution in [0.25, 0.3) is 10.1 Å². The summed E-state index contributed by atoms with van der Waals surface area (Å²) >= 11 is 7.47. The van der Waals surface area contributed by atoms with Gasteiger partial charge >= 0.3 is 5.97 Å². The van der Waals surface area contributed by atoms with Crippen LogP contribution in [-0.4, -0.2) is 18.2 Å². The Labute approximate surface area is 101 Å². The Bertz CT molecular complexity index is 547. The number of benzene rings is 1. The summed E-state index contributed by atoms with van der Waals surface area (Å²) < 4.78 is 6.08. The Morgan fingerprint density at radius 1 is 1.56 bits per heavy atom. The van der Waals surface area contributed by atoms with Gasteiger partial charge in [0, 0.05) is 4.70 Å². The quantitative estimate of drug-likeness (QED) is 0.917. The summed E-state index contributed by atoms with van der Waals surface area (Å²) in [6.07, 6.45) is 0.0186. The zero-order valence-corrected chi connectivity index (χ0v) is 10.1. The predicted octanol–water partition coefficient (Wildman–Crippen LogP) is 3.19. The third-order valence-corrected chi connectivity index (χ3v) is 3.56. The lowest BCUT2D eigenvalue weighted by Crippen LogP contribution is -1.98. The molecule has 0 bridgehead atoms. The lowest BCUT2D eigenvalue weighted by molar-refractivity contribution is -0.136. The van der Waals surface area contributed by atoms with E-state index in [2.05, 4.69) is 0 Å². The van der Waals surface area contributed by atoms with E-state index >= 15 is 0 Å². The lowest BCUT2D eigenvalue weighted by Gasteiger charge is -2.03. The maximum atomic E-state index is 10.7. The molecule has 2 rings (SSSR count). The molecule has 0 aliphatic heterocycles. The molecule has 0 aliphatic rings. The molecule has 1 N–H and O–H groups in total. The van der Waals surface area contributed by atoms with Gasteiger partial charge in [-0.25, -0.2) is 0 Å². The van der Waals surface area contributed by atoms with E-state index in [4.69, 9.17) is 21.4 Å². The number of hydrogen-bond donors (Lipinski definition) is 1. The summed E-state index contributed by atoms with van der Waals surface area (Å²) in [5, 5.41) is 12.1. The Morgan fingerprint density at radius 3 is 2.94 bits per heavy atom. The summed E-state index contributed by atoms with van der Waals surface area (Å²) in [5.74, 6) is -0.271. The van der Waals surface area contributed by atoms with Crippen LogP contribution in [0.2, 0.25) is 5.02 Å². The molecule has 84 valence electrons. The van der Waals surface area contributed by atoms with Crippen molar-refractivity contribution in [2.45, 2.75) is 6.42 Å². The second-order valence-electron chi connectivity index (χ2n) is 3.31. The van der Waals surface area contributed by atoms with Gasteiger partial charge in [0.05, 0.1) is 18.6 Å². The topological polar surface area (TPSA) is 46.5 Å². The maximum absolute atomic E-state index is 10.7. The highest BCUT2D eigenvalue weighted by atomic mass is 35.5. The van der Waals surface area contributed by atoms with Crippen molar-refractivity contribution in [3.63, 3.8) is 0 Å². The van der Waals surface area contributed by atoms with Crippen LogP contribution in [0.15, 0.2) is 17.5 Å². The SMILES string of the molecule is COc1cc2c(CC(=O)O)csc2cc1Cl. The molecule has 0 saturated carbocycles. The van der Waals surface area contributed by atoms with E-state index in [0.29, 0.717) is 10.8 Å². The zero-order valence-electron chi connectivity index (χ0n) is 8.49. The average Bonchev–Trinajstić information content (AvgIpc) is 2.59. The van der Waals surface area contributed by atoms with Gasteiger partial charge in [-0.15, -0.1) is 11.3 Å². The van der Waals surface area contributed by atoms with Crippen molar-refractivity contribution in [3.8, 4) is 5.75 Å². The first-order valence-corrected chi connectivity index (χ1v) is 5.83. The first-order chi connectivity index (χ1) is 7.61. The van der Waals surface area contributed by atoms with Crippen LogP contribution in [0.4, 0.5) is 0 Å². The molecule has 0 radical (unpaired) electrons. The van der Waals surface area contributed by atoms with E-state index < -0.39 is 5.97 Å². The van der Waals surface area contributed by atoms with Crippen molar-refractivity contribution in [2.24, 2.45) is 0 Å². The van der Waals surface area contributed by atoms with E-state index in [1.165, 1.54) is 18.4 Å². The molecule has 0 atom stereocenters. The third kappa shape index (κ3) is 1.99. The van der Waals surface area contributed by atoms with E-state index in [9.17, 15) is 4.79 Å². The highest BCUT2D eigenvalue weighted by Gasteiger charge is 2.11. The number of carbonyl (C=O) groups is 1. The van der Waals surface area contributed by atoms with Gasteiger partial charge in [0.25, 0.3) is 0 Å². The molecule has 1 heterocycles. The fraction of sp³-hybridized carbons (Fsp3) is 0.182. The molecule has 5 heteroatoms. The van der Waals surface area contributed by atoms with Gasteiger partial charge in [-0.3, -0.25) is 4.79 Å². The van der Waals surface area contributed by atoms with Crippen LogP contribution in [0.3, 0.4) is 0 Å². The summed E-state index contributed by atoms with van der Waals surface area (Å²) in [4.78, 5) is 10.7. The second kappa shape index (κ2) is 4.31. The number of thiophene rings is 1. The lowest BCUT2D eigenvalue weighted by atomic mass is 10.1. The first kappa shape index (κ1) is 11.2. The van der Waals surface area contributed by atoms with Gasteiger partial charge in [0.2, 0.25) is 0 Å². The van der Waals surface area contributed by atoms with E-state index in [1.54, 1.807) is 12.1 Å². The van der Waals surface area contributed by atoms with Crippen molar-refractivity contribution in [3.05, 3.63) is 28.1 Å². The maximum Gasteiger partial charge on any atom is 0.307 e. The van der Waals surface area contributed by atoms with Crippen molar-refractivity contribution in [1.82, 2.24) is 0 Å². The number of ether oxygens (including phenoxy) is 1. The van der Waals surface area contributed by atoms with Gasteiger partial charge in [0.15, 0.2) is 0 Å².